The SMILES string of the molecule is Cn1ccccc1=[N+]1[C-]=NC=C1. The Bertz CT molecular complexity index is 396. The zero-order valence-corrected chi connectivity index (χ0v) is 6.81. The minimum Gasteiger partial charge on any atom is -0.332 e. The van der Waals surface area contributed by atoms with Crippen molar-refractivity contribution in [3.8, 4) is 0 Å². The zero-order valence-electron chi connectivity index (χ0n) is 6.81. The van der Waals surface area contributed by atoms with Gasteiger partial charge in [-0.2, -0.15) is 0 Å². The molecule has 12 heavy (non-hydrogen) atoms. The van der Waals surface area contributed by atoms with Crippen LogP contribution in [0.5, 0.6) is 0 Å². The third-order valence-corrected chi connectivity index (χ3v) is 1.73. The van der Waals surface area contributed by atoms with E-state index in [4.69, 9.17) is 0 Å². The summed E-state index contributed by atoms with van der Waals surface area (Å²) in [7, 11) is 1.99. The van der Waals surface area contributed by atoms with Crippen LogP contribution in [0, 0.1) is 0 Å². The van der Waals surface area contributed by atoms with Gasteiger partial charge in [0.05, 0.1) is 6.20 Å². The maximum Gasteiger partial charge on any atom is 0.206 e. The van der Waals surface area contributed by atoms with E-state index in [-0.39, 0.29) is 0 Å². The van der Waals surface area contributed by atoms with Crippen LogP contribution in [-0.4, -0.2) is 10.9 Å². The molecular weight excluding hydrogens is 150 g/mol. The minimum atomic E-state index is 1.05. The van der Waals surface area contributed by atoms with Crippen LogP contribution >= 0.6 is 0 Å². The van der Waals surface area contributed by atoms with E-state index in [1.165, 1.54) is 0 Å². The first kappa shape index (κ1) is 7.03. The molecule has 1 aliphatic rings. The van der Waals surface area contributed by atoms with Gasteiger partial charge in [0.15, 0.2) is 5.49 Å². The summed E-state index contributed by atoms with van der Waals surface area (Å²) in [5.41, 5.74) is 1.05. The molecule has 0 atom stereocenters. The number of aromatic nitrogens is 1. The minimum absolute atomic E-state index is 1.05. The second-order valence-electron chi connectivity index (χ2n) is 2.57. The number of rotatable bonds is 0. The topological polar surface area (TPSA) is 20.3 Å². The van der Waals surface area contributed by atoms with Crippen molar-refractivity contribution in [1.29, 1.82) is 0 Å². The van der Waals surface area contributed by atoms with Crippen molar-refractivity contribution in [2.75, 3.05) is 0 Å². The van der Waals surface area contributed by atoms with Crippen molar-refractivity contribution >= 4 is 6.34 Å². The van der Waals surface area contributed by atoms with E-state index in [1.54, 1.807) is 6.20 Å². The molecule has 0 aromatic carbocycles. The molecule has 0 saturated heterocycles. The number of hydrogen-bond acceptors (Lipinski definition) is 1. The van der Waals surface area contributed by atoms with E-state index in [9.17, 15) is 0 Å². The van der Waals surface area contributed by atoms with E-state index in [0.29, 0.717) is 0 Å². The predicted molar refractivity (Wildman–Crippen MR) is 47.3 cm³/mol. The first-order chi connectivity index (χ1) is 5.88. The van der Waals surface area contributed by atoms with Gasteiger partial charge in [-0.15, -0.1) is 0 Å². The molecule has 0 aliphatic carbocycles. The van der Waals surface area contributed by atoms with Crippen LogP contribution < -0.4 is 10.1 Å². The van der Waals surface area contributed by atoms with E-state index < -0.39 is 0 Å². The van der Waals surface area contributed by atoms with Crippen LogP contribution in [0.4, 0.5) is 0 Å². The highest BCUT2D eigenvalue weighted by Crippen LogP contribution is 1.83. The van der Waals surface area contributed by atoms with Crippen molar-refractivity contribution in [2.24, 2.45) is 12.0 Å². The average Bonchev–Trinajstić information content (AvgIpc) is 2.57. The molecule has 0 unspecified atom stereocenters. The van der Waals surface area contributed by atoms with Gasteiger partial charge in [-0.25, -0.2) is 4.99 Å². The van der Waals surface area contributed by atoms with Gasteiger partial charge >= 0.3 is 0 Å². The summed E-state index contributed by atoms with van der Waals surface area (Å²) in [6.07, 6.45) is 8.42. The molecule has 0 N–H and O–H groups in total. The second kappa shape index (κ2) is 2.77. The molecule has 60 valence electrons. The Hall–Kier alpha value is -1.64. The maximum absolute atomic E-state index is 3.86. The smallest absolute Gasteiger partial charge is 0.206 e. The second-order valence-corrected chi connectivity index (χ2v) is 2.57. The summed E-state index contributed by atoms with van der Waals surface area (Å²) in [6.45, 7) is 0. The Morgan fingerprint density at radius 3 is 3.08 bits per heavy atom. The molecule has 0 radical (unpaired) electrons. The fourth-order valence-electron chi connectivity index (χ4n) is 1.12. The van der Waals surface area contributed by atoms with Crippen LogP contribution in [0.25, 0.3) is 0 Å². The standard InChI is InChI=1S/C9H9N3/c1-11-6-3-2-4-9(11)12-7-5-10-8-12/h2-7H,1H3. The van der Waals surface area contributed by atoms with E-state index in [2.05, 4.69) is 11.3 Å². The third-order valence-electron chi connectivity index (χ3n) is 1.73. The fraction of sp³-hybridized carbons (Fsp3) is 0.111. The van der Waals surface area contributed by atoms with Gasteiger partial charge in [-0.1, -0.05) is 6.07 Å². The Balaban J connectivity index is 2.74. The lowest BCUT2D eigenvalue weighted by atomic mass is 10.5. The van der Waals surface area contributed by atoms with E-state index in [0.717, 1.165) is 5.49 Å². The van der Waals surface area contributed by atoms with Gasteiger partial charge in [-0.05, 0) is 18.3 Å². The summed E-state index contributed by atoms with van der Waals surface area (Å²) in [6, 6.07) is 5.99. The molecule has 2 rings (SSSR count). The maximum atomic E-state index is 3.86. The van der Waals surface area contributed by atoms with E-state index in [1.807, 2.05) is 46.8 Å². The zero-order chi connectivity index (χ0) is 8.39. The number of nitrogens with zero attached hydrogens (tertiary/aromatic N) is 3. The van der Waals surface area contributed by atoms with Crippen molar-refractivity contribution in [3.05, 3.63) is 42.3 Å². The lowest BCUT2D eigenvalue weighted by Gasteiger charge is -2.00. The Labute approximate surface area is 70.6 Å². The molecule has 0 spiro atoms. The lowest BCUT2D eigenvalue weighted by molar-refractivity contribution is 0.787. The van der Waals surface area contributed by atoms with Crippen molar-refractivity contribution < 1.29 is 0 Å². The quantitative estimate of drug-likeness (QED) is 0.380. The summed E-state index contributed by atoms with van der Waals surface area (Å²) in [4.78, 5) is 3.86. The molecule has 3 nitrogen and oxygen atoms in total. The highest BCUT2D eigenvalue weighted by molar-refractivity contribution is 5.61. The number of aliphatic imine (C=N–C) groups is 1. The lowest BCUT2D eigenvalue weighted by Crippen LogP contribution is -2.30. The van der Waals surface area contributed by atoms with Gasteiger partial charge in [0.2, 0.25) is 6.34 Å². The molecular formula is C9H9N3. The number of pyridine rings is 1. The van der Waals surface area contributed by atoms with Gasteiger partial charge in [0, 0.05) is 13.2 Å². The van der Waals surface area contributed by atoms with Crippen molar-refractivity contribution in [3.63, 3.8) is 0 Å². The first-order valence-corrected chi connectivity index (χ1v) is 3.74. The van der Waals surface area contributed by atoms with Crippen LogP contribution in [0.2, 0.25) is 0 Å². The van der Waals surface area contributed by atoms with Crippen molar-refractivity contribution in [1.82, 2.24) is 9.14 Å². The summed E-state index contributed by atoms with van der Waals surface area (Å²) < 4.78 is 3.86. The normalized spacial score (nSPS) is 18.8. The first-order valence-electron chi connectivity index (χ1n) is 3.74. The average molecular weight is 159 g/mol. The molecule has 2 heterocycles. The van der Waals surface area contributed by atoms with Crippen LogP contribution in [0.1, 0.15) is 0 Å². The predicted octanol–water partition coefficient (Wildman–Crippen LogP) is 0.187. The van der Waals surface area contributed by atoms with Gasteiger partial charge in [0.25, 0.3) is 0 Å². The Morgan fingerprint density at radius 2 is 2.42 bits per heavy atom. The van der Waals surface area contributed by atoms with Crippen LogP contribution in [-0.2, 0) is 7.05 Å². The highest BCUT2D eigenvalue weighted by Gasteiger charge is 1.92. The summed E-state index contributed by atoms with van der Waals surface area (Å²) in [5.74, 6) is 0. The van der Waals surface area contributed by atoms with Gasteiger partial charge in [-0.3, -0.25) is 0 Å². The summed E-state index contributed by atoms with van der Waals surface area (Å²) >= 11 is 0. The third kappa shape index (κ3) is 1.09. The number of aryl methyl sites for hydroxylation is 1. The fourth-order valence-corrected chi connectivity index (χ4v) is 1.12. The largest absolute Gasteiger partial charge is 0.332 e. The molecule has 0 amide bonds. The molecule has 0 saturated carbocycles. The summed E-state index contributed by atoms with van der Waals surface area (Å²) in [5, 5.41) is 0. The van der Waals surface area contributed by atoms with Gasteiger partial charge < -0.3 is 9.14 Å². The molecule has 0 fully saturated rings. The molecule has 0 bridgehead atoms. The Kier molecular flexibility index (Phi) is 1.63. The molecule has 1 aliphatic heterocycles. The number of hydrogen-bond donors (Lipinski definition) is 0. The monoisotopic (exact) mass is 159 g/mol. The van der Waals surface area contributed by atoms with Crippen LogP contribution in [0.3, 0.4) is 0 Å². The molecule has 1 aromatic heterocycles. The van der Waals surface area contributed by atoms with E-state index >= 15 is 0 Å². The van der Waals surface area contributed by atoms with Crippen LogP contribution in [0.15, 0.2) is 41.8 Å². The highest BCUT2D eigenvalue weighted by atomic mass is 15.1. The Morgan fingerprint density at radius 1 is 1.50 bits per heavy atom. The van der Waals surface area contributed by atoms with Gasteiger partial charge in [0.1, 0.15) is 0 Å². The van der Waals surface area contributed by atoms with Crippen molar-refractivity contribution in [2.45, 2.75) is 0 Å². The molecule has 1 aromatic rings. The molecule has 3 heteroatoms.